The van der Waals surface area contributed by atoms with Crippen LogP contribution >= 0.6 is 7.26 Å². The van der Waals surface area contributed by atoms with Crippen LogP contribution in [0.3, 0.4) is 0 Å². The minimum atomic E-state index is -1.91. The Hall–Kier alpha value is -2.95. The van der Waals surface area contributed by atoms with Crippen molar-refractivity contribution in [3.63, 3.8) is 0 Å². The van der Waals surface area contributed by atoms with Crippen LogP contribution in [0.2, 0.25) is 0 Å². The Morgan fingerprint density at radius 3 is 1.78 bits per heavy atom. The van der Waals surface area contributed by atoms with Crippen molar-refractivity contribution < 1.29 is 14.3 Å². The Labute approximate surface area is 191 Å². The summed E-state index contributed by atoms with van der Waals surface area (Å²) < 4.78 is 5.96. The first kappa shape index (κ1) is 23.7. The highest BCUT2D eigenvalue weighted by atomic mass is 31.2. The zero-order valence-electron chi connectivity index (χ0n) is 18.3. The summed E-state index contributed by atoms with van der Waals surface area (Å²) in [5, 5.41) is 6.70. The number of amides is 2. The summed E-state index contributed by atoms with van der Waals surface area (Å²) in [6.07, 6.45) is 1.44. The van der Waals surface area contributed by atoms with Crippen molar-refractivity contribution >= 4 is 42.8 Å². The minimum absolute atomic E-state index is 0.333. The third kappa shape index (κ3) is 5.85. The lowest BCUT2D eigenvalue weighted by molar-refractivity contribution is 0.150. The maximum atomic E-state index is 11.9. The SMILES string of the molecule is CN([B]C=O)C(=O)NCCOCC[P+](c1ccccc1)(c1ccccc1)c1ccccc1. The van der Waals surface area contributed by atoms with E-state index in [1.165, 1.54) is 35.2 Å². The van der Waals surface area contributed by atoms with Crippen LogP contribution in [0.15, 0.2) is 91.0 Å². The Morgan fingerprint density at radius 2 is 1.34 bits per heavy atom. The van der Waals surface area contributed by atoms with Gasteiger partial charge in [0.2, 0.25) is 0 Å². The first-order valence-electron chi connectivity index (χ1n) is 10.6. The number of hydrogen-bond donors (Lipinski definition) is 1. The molecule has 0 saturated heterocycles. The molecule has 163 valence electrons. The molecule has 0 aliphatic carbocycles. The molecule has 0 saturated carbocycles. The maximum Gasteiger partial charge on any atom is 0.332 e. The number of carbonyl (C=O) groups excluding carboxylic acids is 2. The molecule has 3 aromatic carbocycles. The average Bonchev–Trinajstić information content (AvgIpc) is 2.85. The van der Waals surface area contributed by atoms with Crippen molar-refractivity contribution in [2.75, 3.05) is 33.0 Å². The highest BCUT2D eigenvalue weighted by Gasteiger charge is 2.44. The fraction of sp³-hybridized carbons (Fsp3) is 0.200. The molecule has 2 amide bonds. The van der Waals surface area contributed by atoms with Gasteiger partial charge in [0.1, 0.15) is 29.4 Å². The molecule has 1 N–H and O–H groups in total. The number of urea groups is 1. The quantitative estimate of drug-likeness (QED) is 0.213. The summed E-state index contributed by atoms with van der Waals surface area (Å²) in [5.41, 5.74) is 0. The van der Waals surface area contributed by atoms with Crippen LogP contribution in [0.4, 0.5) is 4.79 Å². The first-order chi connectivity index (χ1) is 15.7. The summed E-state index contributed by atoms with van der Waals surface area (Å²) in [7, 11) is 0.796. The van der Waals surface area contributed by atoms with Crippen molar-refractivity contribution in [2.45, 2.75) is 0 Å². The molecule has 3 rings (SSSR count). The number of carbonyl (C=O) groups is 2. The molecule has 0 atom stereocenters. The molecule has 7 heteroatoms. The number of rotatable bonds is 11. The summed E-state index contributed by atoms with van der Waals surface area (Å²) in [4.78, 5) is 23.5. The van der Waals surface area contributed by atoms with E-state index in [0.29, 0.717) is 25.9 Å². The van der Waals surface area contributed by atoms with Gasteiger partial charge in [-0.2, -0.15) is 0 Å². The van der Waals surface area contributed by atoms with Gasteiger partial charge < -0.3 is 19.7 Å². The third-order valence-corrected chi connectivity index (χ3v) is 9.68. The van der Waals surface area contributed by atoms with E-state index in [4.69, 9.17) is 4.74 Å². The van der Waals surface area contributed by atoms with Gasteiger partial charge in [0.25, 0.3) is 0 Å². The lowest BCUT2D eigenvalue weighted by Crippen LogP contribution is -2.41. The van der Waals surface area contributed by atoms with Crippen molar-refractivity contribution in [3.8, 4) is 0 Å². The number of nitrogens with one attached hydrogen (secondary N) is 1. The Bertz CT molecular complexity index is 878. The number of ether oxygens (including phenoxy) is 1. The maximum absolute atomic E-state index is 11.9. The van der Waals surface area contributed by atoms with E-state index >= 15 is 0 Å². The molecule has 0 spiro atoms. The van der Waals surface area contributed by atoms with Crippen LogP contribution in [-0.4, -0.2) is 57.4 Å². The van der Waals surface area contributed by atoms with Crippen molar-refractivity contribution in [1.82, 2.24) is 10.1 Å². The molecule has 3 aromatic rings. The van der Waals surface area contributed by atoms with Crippen LogP contribution in [0.25, 0.3) is 0 Å². The predicted molar refractivity (Wildman–Crippen MR) is 135 cm³/mol. The van der Waals surface area contributed by atoms with Gasteiger partial charge in [0.15, 0.2) is 0 Å². The smallest absolute Gasteiger partial charge is 0.332 e. The van der Waals surface area contributed by atoms with Crippen LogP contribution in [0.5, 0.6) is 0 Å². The van der Waals surface area contributed by atoms with Crippen LogP contribution in [0.1, 0.15) is 0 Å². The van der Waals surface area contributed by atoms with Gasteiger partial charge in [-0.15, -0.1) is 0 Å². The normalized spacial score (nSPS) is 10.9. The van der Waals surface area contributed by atoms with E-state index in [1.54, 1.807) is 0 Å². The molecule has 0 bridgehead atoms. The standard InChI is InChI=1S/C25H27BN2O3P/c1-28(26-21-29)25(30)27-17-18-31-19-20-32(22-11-5-2-6-12-22,23-13-7-3-8-14-23)24-15-9-4-10-16-24/h2-16,21H,17-20H2,1H3/p+1. The molecular weight excluding hydrogens is 418 g/mol. The Kier molecular flexibility index (Phi) is 9.03. The van der Waals surface area contributed by atoms with Gasteiger partial charge in [0.05, 0.1) is 19.4 Å². The molecule has 32 heavy (non-hydrogen) atoms. The number of benzene rings is 3. The molecule has 0 heterocycles. The van der Waals surface area contributed by atoms with E-state index in [-0.39, 0.29) is 6.03 Å². The zero-order chi connectivity index (χ0) is 22.7. The van der Waals surface area contributed by atoms with Gasteiger partial charge in [-0.1, -0.05) is 54.6 Å². The molecule has 1 radical (unpaired) electrons. The van der Waals surface area contributed by atoms with Crippen LogP contribution < -0.4 is 21.2 Å². The van der Waals surface area contributed by atoms with Gasteiger partial charge in [-0.3, -0.25) is 4.79 Å². The average molecular weight is 446 g/mol. The van der Waals surface area contributed by atoms with E-state index in [0.717, 1.165) is 6.16 Å². The lowest BCUT2D eigenvalue weighted by atomic mass is 9.96. The van der Waals surface area contributed by atoms with Gasteiger partial charge in [0, 0.05) is 6.54 Å². The number of nitrogens with zero attached hydrogens (tertiary/aromatic N) is 1. The van der Waals surface area contributed by atoms with E-state index in [1.807, 2.05) is 18.2 Å². The molecule has 0 unspecified atom stereocenters. The summed E-state index contributed by atoms with van der Waals surface area (Å²) >= 11 is 0. The second-order valence-corrected chi connectivity index (χ2v) is 10.9. The molecule has 0 fully saturated rings. The minimum Gasteiger partial charge on any atom is -0.376 e. The summed E-state index contributed by atoms with van der Waals surface area (Å²) in [6.45, 7) is 1.35. The van der Waals surface area contributed by atoms with Crippen LogP contribution in [-0.2, 0) is 9.53 Å². The monoisotopic (exact) mass is 446 g/mol. The van der Waals surface area contributed by atoms with E-state index < -0.39 is 7.26 Å². The molecule has 0 aliphatic rings. The first-order valence-corrected chi connectivity index (χ1v) is 12.6. The second kappa shape index (κ2) is 12.2. The third-order valence-electron chi connectivity index (χ3n) is 5.29. The fourth-order valence-electron chi connectivity index (χ4n) is 3.70. The summed E-state index contributed by atoms with van der Waals surface area (Å²) in [6, 6.07) is 31.7. The topological polar surface area (TPSA) is 58.6 Å². The predicted octanol–water partition coefficient (Wildman–Crippen LogP) is 2.45. The van der Waals surface area contributed by atoms with Gasteiger partial charge >= 0.3 is 13.4 Å². The van der Waals surface area contributed by atoms with Gasteiger partial charge in [-0.05, 0) is 43.4 Å². The van der Waals surface area contributed by atoms with Crippen molar-refractivity contribution in [3.05, 3.63) is 91.0 Å². The molecule has 0 aliphatic heterocycles. The van der Waals surface area contributed by atoms with Gasteiger partial charge in [-0.25, -0.2) is 0 Å². The Morgan fingerprint density at radius 1 is 0.875 bits per heavy atom. The molecular formula is C25H28BN2O3P+. The fourth-order valence-corrected chi connectivity index (χ4v) is 7.81. The summed E-state index contributed by atoms with van der Waals surface area (Å²) in [5.74, 6) is 0. The molecule has 0 aromatic heterocycles. The highest BCUT2D eigenvalue weighted by Crippen LogP contribution is 2.54. The second-order valence-electron chi connectivity index (χ2n) is 7.28. The highest BCUT2D eigenvalue weighted by molar-refractivity contribution is 7.95. The van der Waals surface area contributed by atoms with Crippen molar-refractivity contribution in [1.29, 1.82) is 0 Å². The zero-order valence-corrected chi connectivity index (χ0v) is 19.2. The largest absolute Gasteiger partial charge is 0.376 e. The molecule has 5 nitrogen and oxygen atoms in total. The van der Waals surface area contributed by atoms with Crippen molar-refractivity contribution in [2.24, 2.45) is 0 Å². The van der Waals surface area contributed by atoms with Crippen LogP contribution in [0, 0.1) is 0 Å². The van der Waals surface area contributed by atoms with E-state index in [9.17, 15) is 9.59 Å². The lowest BCUT2D eigenvalue weighted by Gasteiger charge is -2.27. The number of hydrogen-bond acceptors (Lipinski definition) is 3. The van der Waals surface area contributed by atoms with E-state index in [2.05, 4.69) is 78.1 Å². The Balaban J connectivity index is 1.76.